The predicted octanol–water partition coefficient (Wildman–Crippen LogP) is 4.97. The van der Waals surface area contributed by atoms with Gasteiger partial charge in [-0.1, -0.05) is 19.1 Å². The summed E-state index contributed by atoms with van der Waals surface area (Å²) in [6.45, 7) is 6.10. The molecule has 0 bridgehead atoms. The Labute approximate surface area is 228 Å². The highest BCUT2D eigenvalue weighted by Gasteiger charge is 2.13. The lowest BCUT2D eigenvalue weighted by Crippen LogP contribution is -2.24. The van der Waals surface area contributed by atoms with Crippen molar-refractivity contribution in [1.29, 1.82) is 0 Å². The fraction of sp³-hybridized carbons (Fsp3) is 0.233. The highest BCUT2D eigenvalue weighted by molar-refractivity contribution is 5.92. The van der Waals surface area contributed by atoms with Crippen LogP contribution in [-0.2, 0) is 11.2 Å². The molecule has 1 N–H and O–H groups in total. The number of methoxy groups -OCH3 is 2. The summed E-state index contributed by atoms with van der Waals surface area (Å²) in [5.74, 6) is 1.25. The molecule has 0 aliphatic heterocycles. The lowest BCUT2D eigenvalue weighted by atomic mass is 10.1. The summed E-state index contributed by atoms with van der Waals surface area (Å²) < 4.78 is 27.3. The molecule has 0 saturated carbocycles. The van der Waals surface area contributed by atoms with E-state index in [1.165, 1.54) is 20.4 Å². The van der Waals surface area contributed by atoms with Gasteiger partial charge < -0.3 is 23.7 Å². The van der Waals surface area contributed by atoms with Gasteiger partial charge in [0.1, 0.15) is 5.75 Å². The molecule has 3 aromatic carbocycles. The molecule has 0 atom stereocenters. The smallest absolute Gasteiger partial charge is 0.343 e. The molecule has 204 valence electrons. The van der Waals surface area contributed by atoms with E-state index in [1.807, 2.05) is 19.1 Å². The number of hydrogen-bond acceptors (Lipinski definition) is 8. The van der Waals surface area contributed by atoms with E-state index in [1.54, 1.807) is 54.6 Å². The van der Waals surface area contributed by atoms with Crippen LogP contribution < -0.4 is 29.1 Å². The van der Waals surface area contributed by atoms with Crippen LogP contribution >= 0.6 is 0 Å². The Hall–Kier alpha value is -4.79. The van der Waals surface area contributed by atoms with Gasteiger partial charge in [-0.05, 0) is 78.6 Å². The molecule has 3 aromatic rings. The van der Waals surface area contributed by atoms with Crippen LogP contribution in [0, 0.1) is 0 Å². The number of benzene rings is 3. The number of rotatable bonds is 14. The van der Waals surface area contributed by atoms with Crippen LogP contribution in [0.2, 0.25) is 0 Å². The molecule has 39 heavy (non-hydrogen) atoms. The standard InChI is InChI=1S/C30H32N2O7/c1-5-7-21-8-14-25(27(17-21)35-3)38-20-29(33)32-31-19-22-9-15-26(28(18-22)36-4)39-30(34)23-10-12-24(13-11-23)37-16-6-2/h5,8-15,17-19H,1,6-7,16,20H2,2-4H3,(H,32,33). The van der Waals surface area contributed by atoms with E-state index < -0.39 is 11.9 Å². The van der Waals surface area contributed by atoms with Crippen molar-refractivity contribution in [1.82, 2.24) is 5.43 Å². The van der Waals surface area contributed by atoms with Gasteiger partial charge in [-0.3, -0.25) is 4.79 Å². The Morgan fingerprint density at radius 2 is 1.62 bits per heavy atom. The second-order valence-corrected chi connectivity index (χ2v) is 8.23. The number of nitrogens with zero attached hydrogens (tertiary/aromatic N) is 1. The van der Waals surface area contributed by atoms with Crippen molar-refractivity contribution in [2.45, 2.75) is 19.8 Å². The van der Waals surface area contributed by atoms with Crippen LogP contribution in [0.25, 0.3) is 0 Å². The topological polar surface area (TPSA) is 105 Å². The Bertz CT molecular complexity index is 1300. The maximum atomic E-state index is 12.6. The zero-order valence-corrected chi connectivity index (χ0v) is 22.3. The van der Waals surface area contributed by atoms with Gasteiger partial charge in [-0.15, -0.1) is 6.58 Å². The molecule has 0 aromatic heterocycles. The average Bonchev–Trinajstić information content (AvgIpc) is 2.96. The van der Waals surface area contributed by atoms with Crippen LogP contribution in [0.1, 0.15) is 34.8 Å². The molecule has 9 nitrogen and oxygen atoms in total. The number of carbonyl (C=O) groups is 2. The van der Waals surface area contributed by atoms with Gasteiger partial charge in [0.25, 0.3) is 5.91 Å². The van der Waals surface area contributed by atoms with Gasteiger partial charge >= 0.3 is 5.97 Å². The molecule has 0 saturated heterocycles. The Balaban J connectivity index is 1.54. The molecular weight excluding hydrogens is 500 g/mol. The van der Waals surface area contributed by atoms with Gasteiger partial charge in [0.2, 0.25) is 0 Å². The third-order valence-corrected chi connectivity index (χ3v) is 5.32. The fourth-order valence-electron chi connectivity index (χ4n) is 3.39. The molecule has 9 heteroatoms. The monoisotopic (exact) mass is 532 g/mol. The summed E-state index contributed by atoms with van der Waals surface area (Å²) >= 11 is 0. The van der Waals surface area contributed by atoms with E-state index in [9.17, 15) is 9.59 Å². The maximum absolute atomic E-state index is 12.6. The van der Waals surface area contributed by atoms with Crippen LogP contribution in [-0.4, -0.2) is 45.5 Å². The summed E-state index contributed by atoms with van der Waals surface area (Å²) in [6.07, 6.45) is 4.82. The van der Waals surface area contributed by atoms with Crippen molar-refractivity contribution in [3.05, 3.63) is 90.0 Å². The van der Waals surface area contributed by atoms with Gasteiger partial charge in [-0.2, -0.15) is 5.10 Å². The van der Waals surface area contributed by atoms with Crippen LogP contribution in [0.4, 0.5) is 0 Å². The summed E-state index contributed by atoms with van der Waals surface area (Å²) in [7, 11) is 3.00. The first kappa shape index (κ1) is 28.8. The molecule has 1 amide bonds. The molecule has 0 unspecified atom stereocenters. The van der Waals surface area contributed by atoms with Crippen molar-refractivity contribution in [3.8, 4) is 28.7 Å². The van der Waals surface area contributed by atoms with Crippen molar-refractivity contribution in [2.75, 3.05) is 27.4 Å². The van der Waals surface area contributed by atoms with Gasteiger partial charge in [0.15, 0.2) is 29.6 Å². The number of hydrazone groups is 1. The van der Waals surface area contributed by atoms with Gasteiger partial charge in [0, 0.05) is 0 Å². The quantitative estimate of drug-likeness (QED) is 0.103. The Kier molecular flexibility index (Phi) is 10.9. The lowest BCUT2D eigenvalue weighted by Gasteiger charge is -2.11. The third-order valence-electron chi connectivity index (χ3n) is 5.32. The zero-order valence-electron chi connectivity index (χ0n) is 22.3. The number of allylic oxidation sites excluding steroid dienone is 1. The Morgan fingerprint density at radius 1 is 0.897 bits per heavy atom. The first-order chi connectivity index (χ1) is 19.0. The number of hydrogen-bond donors (Lipinski definition) is 1. The number of amides is 1. The SMILES string of the molecule is C=CCc1ccc(OCC(=O)NN=Cc2ccc(OC(=O)c3ccc(OCCC)cc3)c(OC)c2)c(OC)c1. The van der Waals surface area contributed by atoms with Crippen molar-refractivity contribution < 1.29 is 33.3 Å². The highest BCUT2D eigenvalue weighted by Crippen LogP contribution is 2.29. The maximum Gasteiger partial charge on any atom is 0.343 e. The number of nitrogens with one attached hydrogen (secondary N) is 1. The molecule has 0 fully saturated rings. The normalized spacial score (nSPS) is 10.5. The van der Waals surface area contributed by atoms with E-state index in [-0.39, 0.29) is 12.4 Å². The number of carbonyl (C=O) groups excluding carboxylic acids is 2. The minimum Gasteiger partial charge on any atom is -0.494 e. The lowest BCUT2D eigenvalue weighted by molar-refractivity contribution is -0.123. The van der Waals surface area contributed by atoms with Crippen molar-refractivity contribution in [3.63, 3.8) is 0 Å². The summed E-state index contributed by atoms with van der Waals surface area (Å²) in [5.41, 5.74) is 4.42. The van der Waals surface area contributed by atoms with Gasteiger partial charge in [0.05, 0.1) is 32.6 Å². The van der Waals surface area contributed by atoms with E-state index in [0.717, 1.165) is 12.0 Å². The van der Waals surface area contributed by atoms with Crippen molar-refractivity contribution >= 4 is 18.1 Å². The fourth-order valence-corrected chi connectivity index (χ4v) is 3.39. The van der Waals surface area contributed by atoms with Crippen molar-refractivity contribution in [2.24, 2.45) is 5.10 Å². The van der Waals surface area contributed by atoms with E-state index in [4.69, 9.17) is 23.7 Å². The second-order valence-electron chi connectivity index (χ2n) is 8.23. The Morgan fingerprint density at radius 3 is 2.31 bits per heavy atom. The van der Waals surface area contributed by atoms with Crippen LogP contribution in [0.3, 0.4) is 0 Å². The summed E-state index contributed by atoms with van der Waals surface area (Å²) in [4.78, 5) is 24.8. The highest BCUT2D eigenvalue weighted by atomic mass is 16.6. The average molecular weight is 533 g/mol. The van der Waals surface area contributed by atoms with E-state index in [2.05, 4.69) is 17.1 Å². The zero-order chi connectivity index (χ0) is 28.0. The molecule has 0 spiro atoms. The first-order valence-electron chi connectivity index (χ1n) is 12.3. The van der Waals surface area contributed by atoms with Gasteiger partial charge in [-0.25, -0.2) is 10.2 Å². The van der Waals surface area contributed by atoms with E-state index >= 15 is 0 Å². The van der Waals surface area contributed by atoms with E-state index in [0.29, 0.717) is 47.2 Å². The predicted molar refractivity (Wildman–Crippen MR) is 148 cm³/mol. The summed E-state index contributed by atoms with van der Waals surface area (Å²) in [5, 5.41) is 3.96. The largest absolute Gasteiger partial charge is 0.494 e. The first-order valence-corrected chi connectivity index (χ1v) is 12.3. The number of esters is 1. The molecular formula is C30H32N2O7. The second kappa shape index (κ2) is 14.8. The molecule has 0 heterocycles. The molecule has 0 aliphatic carbocycles. The van der Waals surface area contributed by atoms with Crippen LogP contribution in [0.5, 0.6) is 28.7 Å². The third kappa shape index (κ3) is 8.63. The minimum absolute atomic E-state index is 0.247. The number of ether oxygens (including phenoxy) is 5. The summed E-state index contributed by atoms with van der Waals surface area (Å²) in [6, 6.07) is 17.1. The molecule has 0 radical (unpaired) electrons. The molecule has 0 aliphatic rings. The van der Waals surface area contributed by atoms with Crippen LogP contribution in [0.15, 0.2) is 78.4 Å². The minimum atomic E-state index is -0.531. The molecule has 3 rings (SSSR count).